The number of carboxylic acid groups (broad SMARTS) is 1. The number of anilines is 1. The van der Waals surface area contributed by atoms with Crippen LogP contribution in [0, 0.1) is 10.1 Å². The fraction of sp³-hybridized carbons (Fsp3) is 0. The predicted octanol–water partition coefficient (Wildman–Crippen LogP) is 4.18. The lowest BCUT2D eigenvalue weighted by molar-refractivity contribution is -0.387. The zero-order valence-corrected chi connectivity index (χ0v) is 15.6. The van der Waals surface area contributed by atoms with E-state index in [2.05, 4.69) is 9.46 Å². The standard InChI is InChI=1S/C17H12N2O7S2/c20-17(21)26-16-12(10-14(27-16)11-6-2-1-3-7-11)18-28(24,25)15-9-5-4-8-13(15)19(22)23/h1-10,18H,(H,20,21). The van der Waals surface area contributed by atoms with E-state index in [0.29, 0.717) is 4.88 Å². The van der Waals surface area contributed by atoms with Crippen LogP contribution >= 0.6 is 11.3 Å². The van der Waals surface area contributed by atoms with Gasteiger partial charge in [0, 0.05) is 10.9 Å². The summed E-state index contributed by atoms with van der Waals surface area (Å²) in [5.74, 6) is 0. The van der Waals surface area contributed by atoms with E-state index in [0.717, 1.165) is 29.0 Å². The summed E-state index contributed by atoms with van der Waals surface area (Å²) in [7, 11) is -4.37. The highest BCUT2D eigenvalue weighted by Crippen LogP contribution is 2.42. The number of nitro groups is 1. The van der Waals surface area contributed by atoms with E-state index >= 15 is 0 Å². The lowest BCUT2D eigenvalue weighted by Crippen LogP contribution is -2.15. The number of para-hydroxylation sites is 1. The summed E-state index contributed by atoms with van der Waals surface area (Å²) >= 11 is 0.923. The molecule has 0 aliphatic heterocycles. The molecule has 3 rings (SSSR count). The van der Waals surface area contributed by atoms with Crippen LogP contribution in [0.3, 0.4) is 0 Å². The van der Waals surface area contributed by atoms with Gasteiger partial charge in [0.25, 0.3) is 15.7 Å². The topological polar surface area (TPSA) is 136 Å². The van der Waals surface area contributed by atoms with Gasteiger partial charge in [0.1, 0.15) is 5.69 Å². The minimum Gasteiger partial charge on any atom is -0.449 e. The maximum atomic E-state index is 12.7. The number of rotatable bonds is 6. The van der Waals surface area contributed by atoms with Crippen LogP contribution in [0.4, 0.5) is 16.2 Å². The average Bonchev–Trinajstić information content (AvgIpc) is 3.03. The summed E-state index contributed by atoms with van der Waals surface area (Å²) in [6.07, 6.45) is -1.62. The molecule has 0 atom stereocenters. The molecule has 0 amide bonds. The van der Waals surface area contributed by atoms with Crippen molar-refractivity contribution in [2.45, 2.75) is 4.90 Å². The van der Waals surface area contributed by atoms with Gasteiger partial charge in [0.2, 0.25) is 5.06 Å². The van der Waals surface area contributed by atoms with E-state index in [-0.39, 0.29) is 10.8 Å². The highest BCUT2D eigenvalue weighted by atomic mass is 32.2. The first kappa shape index (κ1) is 19.3. The van der Waals surface area contributed by atoms with Crippen LogP contribution in [0.1, 0.15) is 0 Å². The van der Waals surface area contributed by atoms with E-state index in [1.165, 1.54) is 18.2 Å². The van der Waals surface area contributed by atoms with Crippen LogP contribution in [-0.2, 0) is 10.0 Å². The van der Waals surface area contributed by atoms with Crippen LogP contribution in [0.5, 0.6) is 5.06 Å². The summed E-state index contributed by atoms with van der Waals surface area (Å²) in [6, 6.07) is 15.1. The third kappa shape index (κ3) is 4.10. The number of sulfonamides is 1. The van der Waals surface area contributed by atoms with Gasteiger partial charge >= 0.3 is 6.16 Å². The first-order valence-corrected chi connectivity index (χ1v) is 9.94. The summed E-state index contributed by atoms with van der Waals surface area (Å²) in [6.45, 7) is 0. The van der Waals surface area contributed by atoms with Crippen molar-refractivity contribution in [2.75, 3.05) is 4.72 Å². The van der Waals surface area contributed by atoms with Crippen LogP contribution in [-0.4, -0.2) is 24.6 Å². The zero-order valence-electron chi connectivity index (χ0n) is 13.9. The quantitative estimate of drug-likeness (QED) is 0.347. The van der Waals surface area contributed by atoms with Gasteiger partial charge in [-0.2, -0.15) is 0 Å². The molecule has 0 unspecified atom stereocenters. The van der Waals surface area contributed by atoms with Gasteiger partial charge in [-0.1, -0.05) is 53.8 Å². The molecule has 144 valence electrons. The highest BCUT2D eigenvalue weighted by molar-refractivity contribution is 7.93. The second kappa shape index (κ2) is 7.66. The third-order valence-corrected chi connectivity index (χ3v) is 6.01. The van der Waals surface area contributed by atoms with E-state index in [1.54, 1.807) is 30.3 Å². The van der Waals surface area contributed by atoms with Crippen molar-refractivity contribution in [2.24, 2.45) is 0 Å². The van der Waals surface area contributed by atoms with Crippen molar-refractivity contribution in [3.05, 3.63) is 70.8 Å². The normalized spacial score (nSPS) is 11.0. The Bertz CT molecular complexity index is 1140. The Morgan fingerprint density at radius 2 is 1.75 bits per heavy atom. The van der Waals surface area contributed by atoms with Gasteiger partial charge in [-0.05, 0) is 17.7 Å². The number of benzene rings is 2. The number of hydrogen-bond acceptors (Lipinski definition) is 7. The lowest BCUT2D eigenvalue weighted by Gasteiger charge is -2.08. The van der Waals surface area contributed by atoms with Gasteiger partial charge in [0.05, 0.1) is 4.92 Å². The molecular weight excluding hydrogens is 408 g/mol. The summed E-state index contributed by atoms with van der Waals surface area (Å²) in [5, 5.41) is 19.9. The lowest BCUT2D eigenvalue weighted by atomic mass is 10.2. The van der Waals surface area contributed by atoms with Gasteiger partial charge in [-0.15, -0.1) is 0 Å². The van der Waals surface area contributed by atoms with E-state index in [1.807, 2.05) is 0 Å². The van der Waals surface area contributed by atoms with Crippen LogP contribution in [0.2, 0.25) is 0 Å². The first-order chi connectivity index (χ1) is 13.3. The number of nitrogens with one attached hydrogen (secondary N) is 1. The Kier molecular flexibility index (Phi) is 5.29. The van der Waals surface area contributed by atoms with Crippen molar-refractivity contribution >= 4 is 38.9 Å². The Balaban J connectivity index is 2.05. The molecule has 0 aliphatic rings. The fourth-order valence-electron chi connectivity index (χ4n) is 2.38. The number of hydrogen-bond donors (Lipinski definition) is 2. The molecule has 2 aromatic carbocycles. The number of nitro benzene ring substituents is 1. The molecule has 11 heteroatoms. The minimum atomic E-state index is -4.37. The number of nitrogens with zero attached hydrogens (tertiary/aromatic N) is 1. The number of ether oxygens (including phenoxy) is 1. The molecule has 3 aromatic rings. The summed E-state index contributed by atoms with van der Waals surface area (Å²) in [4.78, 5) is 21.3. The summed E-state index contributed by atoms with van der Waals surface area (Å²) < 4.78 is 32.3. The van der Waals surface area contributed by atoms with Gasteiger partial charge < -0.3 is 9.84 Å². The molecule has 1 aromatic heterocycles. The molecule has 2 N–H and O–H groups in total. The minimum absolute atomic E-state index is 0.135. The van der Waals surface area contributed by atoms with Crippen LogP contribution in [0.25, 0.3) is 10.4 Å². The van der Waals surface area contributed by atoms with Crippen molar-refractivity contribution in [1.82, 2.24) is 0 Å². The Labute approximate surface area is 163 Å². The fourth-order valence-corrected chi connectivity index (χ4v) is 4.63. The second-order valence-electron chi connectivity index (χ2n) is 5.38. The Morgan fingerprint density at radius 3 is 2.39 bits per heavy atom. The van der Waals surface area contributed by atoms with Gasteiger partial charge in [-0.25, -0.2) is 13.2 Å². The van der Waals surface area contributed by atoms with Crippen LogP contribution < -0.4 is 9.46 Å². The van der Waals surface area contributed by atoms with Crippen LogP contribution in [0.15, 0.2) is 65.6 Å². The van der Waals surface area contributed by atoms with Crippen molar-refractivity contribution < 1.29 is 28.0 Å². The maximum absolute atomic E-state index is 12.7. The molecule has 0 spiro atoms. The molecule has 0 radical (unpaired) electrons. The number of carbonyl (C=O) groups is 1. The SMILES string of the molecule is O=C(O)Oc1sc(-c2ccccc2)cc1NS(=O)(=O)c1ccccc1[N+](=O)[O-]. The molecule has 9 nitrogen and oxygen atoms in total. The molecule has 1 heterocycles. The maximum Gasteiger partial charge on any atom is 0.512 e. The van der Waals surface area contributed by atoms with Crippen molar-refractivity contribution in [1.29, 1.82) is 0 Å². The Morgan fingerprint density at radius 1 is 1.11 bits per heavy atom. The third-order valence-electron chi connectivity index (χ3n) is 3.53. The van der Waals surface area contributed by atoms with Gasteiger partial charge in [-0.3, -0.25) is 14.8 Å². The number of thiophene rings is 1. The highest BCUT2D eigenvalue weighted by Gasteiger charge is 2.27. The van der Waals surface area contributed by atoms with Crippen molar-refractivity contribution in [3.8, 4) is 15.5 Å². The second-order valence-corrected chi connectivity index (χ2v) is 8.04. The van der Waals surface area contributed by atoms with Gasteiger partial charge in [0.15, 0.2) is 4.90 Å². The summed E-state index contributed by atoms with van der Waals surface area (Å²) in [5.41, 5.74) is -0.0162. The molecule has 0 aliphatic carbocycles. The monoisotopic (exact) mass is 420 g/mol. The molecule has 0 fully saturated rings. The molecular formula is C17H12N2O7S2. The molecule has 28 heavy (non-hydrogen) atoms. The van der Waals surface area contributed by atoms with E-state index < -0.39 is 31.7 Å². The Hall–Kier alpha value is -3.44. The molecule has 0 saturated heterocycles. The molecule has 0 saturated carbocycles. The molecule has 0 bridgehead atoms. The van der Waals surface area contributed by atoms with E-state index in [4.69, 9.17) is 5.11 Å². The largest absolute Gasteiger partial charge is 0.512 e. The predicted molar refractivity (Wildman–Crippen MR) is 102 cm³/mol. The smallest absolute Gasteiger partial charge is 0.449 e. The van der Waals surface area contributed by atoms with Crippen molar-refractivity contribution in [3.63, 3.8) is 0 Å². The zero-order chi connectivity index (χ0) is 20.3. The first-order valence-electron chi connectivity index (χ1n) is 7.64. The van der Waals surface area contributed by atoms with E-state index in [9.17, 15) is 23.3 Å². The average molecular weight is 420 g/mol.